The molecule has 1 aliphatic rings. The summed E-state index contributed by atoms with van der Waals surface area (Å²) in [7, 11) is 0. The lowest BCUT2D eigenvalue weighted by molar-refractivity contribution is 0.145. The first-order chi connectivity index (χ1) is 12.7. The normalized spacial score (nSPS) is 16.3. The molecule has 1 saturated heterocycles. The van der Waals surface area contributed by atoms with Crippen LogP contribution >= 0.6 is 0 Å². The van der Waals surface area contributed by atoms with Crippen LogP contribution in [0.1, 0.15) is 62.6 Å². The summed E-state index contributed by atoms with van der Waals surface area (Å²) in [5, 5.41) is 0. The third-order valence-electron chi connectivity index (χ3n) is 5.60. The second-order valence-corrected chi connectivity index (χ2v) is 7.48. The van der Waals surface area contributed by atoms with Crippen LogP contribution in [0, 0.1) is 17.6 Å². The van der Waals surface area contributed by atoms with Gasteiger partial charge in [-0.1, -0.05) is 56.9 Å². The molecule has 1 fully saturated rings. The van der Waals surface area contributed by atoms with Crippen molar-refractivity contribution in [3.8, 4) is 0 Å². The fourth-order valence-electron chi connectivity index (χ4n) is 4.09. The van der Waals surface area contributed by atoms with Crippen LogP contribution in [0.4, 0.5) is 8.78 Å². The summed E-state index contributed by atoms with van der Waals surface area (Å²) in [6.07, 6.45) is 7.69. The van der Waals surface area contributed by atoms with Crippen LogP contribution in [0.15, 0.2) is 48.5 Å². The molecule has 140 valence electrons. The van der Waals surface area contributed by atoms with Gasteiger partial charge in [-0.2, -0.15) is 0 Å². The molecule has 0 aliphatic carbocycles. The van der Waals surface area contributed by atoms with E-state index in [9.17, 15) is 8.78 Å². The molecular formula is C23H29F2N. The number of nitrogens with zero attached hydrogens (tertiary/aromatic N) is 1. The fourth-order valence-corrected chi connectivity index (χ4v) is 4.09. The summed E-state index contributed by atoms with van der Waals surface area (Å²) in [5.41, 5.74) is 2.14. The SMILES string of the molecule is CCCCCC1CCN(C(c2ccc(F)cc2)c2ccc(F)cc2)CC1. The quantitative estimate of drug-likeness (QED) is 0.522. The van der Waals surface area contributed by atoms with E-state index in [1.165, 1.54) is 62.8 Å². The lowest BCUT2D eigenvalue weighted by atomic mass is 9.88. The molecule has 3 heteroatoms. The van der Waals surface area contributed by atoms with Crippen molar-refractivity contribution in [1.29, 1.82) is 0 Å². The van der Waals surface area contributed by atoms with E-state index in [4.69, 9.17) is 0 Å². The molecule has 2 aromatic rings. The Hall–Kier alpha value is -1.74. The number of benzene rings is 2. The number of hydrogen-bond acceptors (Lipinski definition) is 1. The van der Waals surface area contributed by atoms with Crippen LogP contribution in [0.3, 0.4) is 0 Å². The van der Waals surface area contributed by atoms with Crippen LogP contribution in [-0.2, 0) is 0 Å². The Morgan fingerprint density at radius 3 is 1.81 bits per heavy atom. The van der Waals surface area contributed by atoms with Crippen LogP contribution in [0.5, 0.6) is 0 Å². The molecule has 1 aliphatic heterocycles. The van der Waals surface area contributed by atoms with Crippen molar-refractivity contribution >= 4 is 0 Å². The molecule has 0 radical (unpaired) electrons. The molecule has 0 aromatic heterocycles. The zero-order chi connectivity index (χ0) is 18.4. The van der Waals surface area contributed by atoms with E-state index >= 15 is 0 Å². The third-order valence-corrected chi connectivity index (χ3v) is 5.60. The van der Waals surface area contributed by atoms with E-state index in [0.717, 1.165) is 30.1 Å². The lowest BCUT2D eigenvalue weighted by Gasteiger charge is -2.38. The van der Waals surface area contributed by atoms with Gasteiger partial charge in [0.15, 0.2) is 0 Å². The van der Waals surface area contributed by atoms with Gasteiger partial charge < -0.3 is 0 Å². The van der Waals surface area contributed by atoms with Gasteiger partial charge in [-0.05, 0) is 67.2 Å². The van der Waals surface area contributed by atoms with Crippen LogP contribution < -0.4 is 0 Å². The van der Waals surface area contributed by atoms with Gasteiger partial charge in [0.25, 0.3) is 0 Å². The van der Waals surface area contributed by atoms with E-state index in [2.05, 4.69) is 11.8 Å². The molecule has 26 heavy (non-hydrogen) atoms. The van der Waals surface area contributed by atoms with Gasteiger partial charge in [0.2, 0.25) is 0 Å². The largest absolute Gasteiger partial charge is 0.292 e. The Kier molecular flexibility index (Phi) is 6.79. The number of unbranched alkanes of at least 4 members (excludes halogenated alkanes) is 2. The molecule has 0 spiro atoms. The van der Waals surface area contributed by atoms with E-state index < -0.39 is 0 Å². The minimum Gasteiger partial charge on any atom is -0.292 e. The van der Waals surface area contributed by atoms with E-state index in [-0.39, 0.29) is 17.7 Å². The summed E-state index contributed by atoms with van der Waals surface area (Å²) in [4.78, 5) is 2.47. The highest BCUT2D eigenvalue weighted by molar-refractivity contribution is 5.32. The van der Waals surface area contributed by atoms with E-state index in [1.54, 1.807) is 0 Å². The summed E-state index contributed by atoms with van der Waals surface area (Å²) < 4.78 is 26.8. The third kappa shape index (κ3) is 4.91. The van der Waals surface area contributed by atoms with Gasteiger partial charge in [-0.15, -0.1) is 0 Å². The predicted molar refractivity (Wildman–Crippen MR) is 103 cm³/mol. The van der Waals surface area contributed by atoms with E-state index in [1.807, 2.05) is 24.3 Å². The molecule has 3 rings (SSSR count). The van der Waals surface area contributed by atoms with Crippen molar-refractivity contribution in [2.75, 3.05) is 13.1 Å². The van der Waals surface area contributed by atoms with Crippen molar-refractivity contribution in [3.05, 3.63) is 71.3 Å². The minimum atomic E-state index is -0.221. The van der Waals surface area contributed by atoms with Crippen molar-refractivity contribution in [3.63, 3.8) is 0 Å². The zero-order valence-corrected chi connectivity index (χ0v) is 15.6. The average molecular weight is 357 g/mol. The van der Waals surface area contributed by atoms with Gasteiger partial charge in [0, 0.05) is 0 Å². The molecule has 0 unspecified atom stereocenters. The number of rotatable bonds is 7. The summed E-state index contributed by atoms with van der Waals surface area (Å²) in [5.74, 6) is 0.377. The Bertz CT molecular complexity index is 612. The molecule has 0 amide bonds. The van der Waals surface area contributed by atoms with E-state index in [0.29, 0.717) is 0 Å². The highest BCUT2D eigenvalue weighted by atomic mass is 19.1. The molecular weight excluding hydrogens is 328 g/mol. The molecule has 1 nitrogen and oxygen atoms in total. The number of likely N-dealkylation sites (tertiary alicyclic amines) is 1. The predicted octanol–water partition coefficient (Wildman–Crippen LogP) is 6.35. The first-order valence-electron chi connectivity index (χ1n) is 9.92. The first-order valence-corrected chi connectivity index (χ1v) is 9.92. The van der Waals surface area contributed by atoms with Crippen LogP contribution in [0.2, 0.25) is 0 Å². The maximum absolute atomic E-state index is 13.4. The Labute approximate surface area is 156 Å². The number of halogens is 2. The molecule has 0 N–H and O–H groups in total. The maximum Gasteiger partial charge on any atom is 0.123 e. The Morgan fingerprint density at radius 1 is 0.846 bits per heavy atom. The van der Waals surface area contributed by atoms with Crippen molar-refractivity contribution in [1.82, 2.24) is 4.90 Å². The standard InChI is InChI=1S/C23H29F2N/c1-2-3-4-5-18-14-16-26(17-15-18)23(19-6-10-21(24)11-7-19)20-8-12-22(25)13-9-20/h6-13,18,23H,2-5,14-17H2,1H3. The van der Waals surface area contributed by atoms with Gasteiger partial charge in [-0.25, -0.2) is 8.78 Å². The van der Waals surface area contributed by atoms with Gasteiger partial charge in [0.05, 0.1) is 6.04 Å². The second-order valence-electron chi connectivity index (χ2n) is 7.48. The van der Waals surface area contributed by atoms with Crippen molar-refractivity contribution in [2.24, 2.45) is 5.92 Å². The lowest BCUT2D eigenvalue weighted by Crippen LogP contribution is -2.37. The topological polar surface area (TPSA) is 3.24 Å². The monoisotopic (exact) mass is 357 g/mol. The van der Waals surface area contributed by atoms with Gasteiger partial charge >= 0.3 is 0 Å². The molecule has 0 saturated carbocycles. The zero-order valence-electron chi connectivity index (χ0n) is 15.6. The van der Waals surface area contributed by atoms with Crippen LogP contribution in [0.25, 0.3) is 0 Å². The van der Waals surface area contributed by atoms with Crippen molar-refractivity contribution < 1.29 is 8.78 Å². The van der Waals surface area contributed by atoms with Crippen molar-refractivity contribution in [2.45, 2.75) is 51.5 Å². The Balaban J connectivity index is 1.74. The maximum atomic E-state index is 13.4. The minimum absolute atomic E-state index is 0.0628. The average Bonchev–Trinajstić information content (AvgIpc) is 2.66. The second kappa shape index (κ2) is 9.27. The highest BCUT2D eigenvalue weighted by Gasteiger charge is 2.27. The summed E-state index contributed by atoms with van der Waals surface area (Å²) >= 11 is 0. The Morgan fingerprint density at radius 2 is 1.35 bits per heavy atom. The smallest absolute Gasteiger partial charge is 0.123 e. The first kappa shape index (κ1) is 19.0. The number of hydrogen-bond donors (Lipinski definition) is 0. The summed E-state index contributed by atoms with van der Waals surface area (Å²) in [6.45, 7) is 4.32. The molecule has 0 bridgehead atoms. The van der Waals surface area contributed by atoms with Gasteiger partial charge in [-0.3, -0.25) is 4.90 Å². The molecule has 1 heterocycles. The van der Waals surface area contributed by atoms with Crippen LogP contribution in [-0.4, -0.2) is 18.0 Å². The highest BCUT2D eigenvalue weighted by Crippen LogP contribution is 2.33. The van der Waals surface area contributed by atoms with Gasteiger partial charge in [0.1, 0.15) is 11.6 Å². The molecule has 0 atom stereocenters. The fraction of sp³-hybridized carbons (Fsp3) is 0.478. The molecule has 2 aromatic carbocycles. The summed E-state index contributed by atoms with van der Waals surface area (Å²) in [6, 6.07) is 13.6. The number of piperidine rings is 1.